The van der Waals surface area contributed by atoms with Crippen molar-refractivity contribution in [3.05, 3.63) is 11.5 Å². The summed E-state index contributed by atoms with van der Waals surface area (Å²) in [5.74, 6) is 3.53. The zero-order chi connectivity index (χ0) is 13.4. The molecule has 3 rings (SSSR count). The summed E-state index contributed by atoms with van der Waals surface area (Å²) in [6.07, 6.45) is 10.6. The molecule has 0 amide bonds. The lowest BCUT2D eigenvalue weighted by atomic mass is 9.96. The van der Waals surface area contributed by atoms with Crippen LogP contribution in [0, 0.1) is 0 Å². The van der Waals surface area contributed by atoms with Gasteiger partial charge in [-0.2, -0.15) is 0 Å². The highest BCUT2D eigenvalue weighted by molar-refractivity contribution is 5.42. The standard InChI is InChI=1S/C16H27N3/c1-11(2)19-15(17)14(18-16(19)13-9-10-13)12-7-5-3-4-6-8-12/h11-13H,3-10,17H2,1-2H3. The monoisotopic (exact) mass is 261 g/mol. The molecule has 0 aliphatic heterocycles. The molecule has 19 heavy (non-hydrogen) atoms. The van der Waals surface area contributed by atoms with Gasteiger partial charge >= 0.3 is 0 Å². The summed E-state index contributed by atoms with van der Waals surface area (Å²) in [4.78, 5) is 5.00. The second kappa shape index (κ2) is 5.18. The fraction of sp³-hybridized carbons (Fsp3) is 0.812. The Bertz CT molecular complexity index is 435. The molecule has 3 heteroatoms. The van der Waals surface area contributed by atoms with Gasteiger partial charge in [-0.15, -0.1) is 0 Å². The summed E-state index contributed by atoms with van der Waals surface area (Å²) in [6.45, 7) is 4.45. The van der Waals surface area contributed by atoms with Crippen LogP contribution >= 0.6 is 0 Å². The van der Waals surface area contributed by atoms with Crippen molar-refractivity contribution in [3.8, 4) is 0 Å². The molecule has 0 radical (unpaired) electrons. The van der Waals surface area contributed by atoms with E-state index in [9.17, 15) is 0 Å². The zero-order valence-electron chi connectivity index (χ0n) is 12.4. The van der Waals surface area contributed by atoms with Crippen LogP contribution in [0.4, 0.5) is 5.82 Å². The Hall–Kier alpha value is -0.990. The molecule has 106 valence electrons. The number of rotatable bonds is 3. The van der Waals surface area contributed by atoms with E-state index in [0.29, 0.717) is 17.9 Å². The largest absolute Gasteiger partial charge is 0.384 e. The SMILES string of the molecule is CC(C)n1c(C2CC2)nc(C2CCCCCC2)c1N. The Labute approximate surface area is 116 Å². The van der Waals surface area contributed by atoms with E-state index in [-0.39, 0.29) is 0 Å². The Kier molecular flexibility index (Phi) is 3.55. The third-order valence-corrected chi connectivity index (χ3v) is 4.70. The van der Waals surface area contributed by atoms with E-state index in [2.05, 4.69) is 18.4 Å². The number of nitrogen functional groups attached to an aromatic ring is 1. The Morgan fingerprint density at radius 2 is 1.63 bits per heavy atom. The van der Waals surface area contributed by atoms with Gasteiger partial charge < -0.3 is 10.3 Å². The minimum Gasteiger partial charge on any atom is -0.384 e. The third-order valence-electron chi connectivity index (χ3n) is 4.70. The predicted octanol–water partition coefficient (Wildman–Crippen LogP) is 4.36. The van der Waals surface area contributed by atoms with Gasteiger partial charge in [-0.25, -0.2) is 4.98 Å². The fourth-order valence-electron chi connectivity index (χ4n) is 3.51. The van der Waals surface area contributed by atoms with Crippen molar-refractivity contribution in [1.82, 2.24) is 9.55 Å². The van der Waals surface area contributed by atoms with Gasteiger partial charge in [0.05, 0.1) is 5.69 Å². The lowest BCUT2D eigenvalue weighted by Gasteiger charge is -2.15. The van der Waals surface area contributed by atoms with Gasteiger partial charge in [-0.3, -0.25) is 0 Å². The van der Waals surface area contributed by atoms with Gasteiger partial charge in [0.25, 0.3) is 0 Å². The lowest BCUT2D eigenvalue weighted by Crippen LogP contribution is -2.10. The van der Waals surface area contributed by atoms with Crippen LogP contribution in [0.5, 0.6) is 0 Å². The minimum absolute atomic E-state index is 0.433. The number of aromatic nitrogens is 2. The van der Waals surface area contributed by atoms with E-state index in [0.717, 1.165) is 5.82 Å². The van der Waals surface area contributed by atoms with Crippen molar-refractivity contribution >= 4 is 5.82 Å². The molecule has 2 aliphatic rings. The van der Waals surface area contributed by atoms with Crippen LogP contribution in [-0.2, 0) is 0 Å². The van der Waals surface area contributed by atoms with Crippen molar-refractivity contribution in [2.75, 3.05) is 5.73 Å². The highest BCUT2D eigenvalue weighted by Gasteiger charge is 2.33. The van der Waals surface area contributed by atoms with E-state index in [1.165, 1.54) is 62.9 Å². The summed E-state index contributed by atoms with van der Waals surface area (Å²) in [5, 5.41) is 0. The molecule has 1 aromatic rings. The second-order valence-electron chi connectivity index (χ2n) is 6.67. The van der Waals surface area contributed by atoms with Gasteiger partial charge in [0.1, 0.15) is 11.6 Å². The van der Waals surface area contributed by atoms with Crippen molar-refractivity contribution in [2.24, 2.45) is 0 Å². The molecule has 0 spiro atoms. The molecule has 1 aromatic heterocycles. The smallest absolute Gasteiger partial charge is 0.127 e. The van der Waals surface area contributed by atoms with Crippen LogP contribution in [-0.4, -0.2) is 9.55 Å². The van der Waals surface area contributed by atoms with Crippen molar-refractivity contribution in [2.45, 2.75) is 83.1 Å². The van der Waals surface area contributed by atoms with Crippen LogP contribution < -0.4 is 5.73 Å². The van der Waals surface area contributed by atoms with Gasteiger partial charge in [0, 0.05) is 17.9 Å². The van der Waals surface area contributed by atoms with E-state index in [1.807, 2.05) is 0 Å². The number of nitrogens with zero attached hydrogens (tertiary/aromatic N) is 2. The Morgan fingerprint density at radius 3 is 2.16 bits per heavy atom. The van der Waals surface area contributed by atoms with Gasteiger partial charge in [0.15, 0.2) is 0 Å². The molecule has 0 saturated heterocycles. The summed E-state index contributed by atoms with van der Waals surface area (Å²) in [7, 11) is 0. The normalized spacial score (nSPS) is 21.8. The molecular formula is C16H27N3. The number of anilines is 1. The number of nitrogens with two attached hydrogens (primary N) is 1. The minimum atomic E-state index is 0.433. The Balaban J connectivity index is 1.94. The Morgan fingerprint density at radius 1 is 1.00 bits per heavy atom. The maximum atomic E-state index is 6.45. The summed E-state index contributed by atoms with van der Waals surface area (Å²) < 4.78 is 2.30. The average molecular weight is 261 g/mol. The van der Waals surface area contributed by atoms with Crippen molar-refractivity contribution in [1.29, 1.82) is 0 Å². The van der Waals surface area contributed by atoms with E-state index in [1.54, 1.807) is 0 Å². The number of hydrogen-bond acceptors (Lipinski definition) is 2. The summed E-state index contributed by atoms with van der Waals surface area (Å²) >= 11 is 0. The fourth-order valence-corrected chi connectivity index (χ4v) is 3.51. The average Bonchev–Trinajstić information content (AvgIpc) is 3.17. The first-order chi connectivity index (χ1) is 9.18. The topological polar surface area (TPSA) is 43.8 Å². The van der Waals surface area contributed by atoms with E-state index < -0.39 is 0 Å². The predicted molar refractivity (Wildman–Crippen MR) is 79.4 cm³/mol. The maximum absolute atomic E-state index is 6.45. The summed E-state index contributed by atoms with van der Waals surface area (Å²) in [6, 6.07) is 0.433. The number of hydrogen-bond donors (Lipinski definition) is 1. The quantitative estimate of drug-likeness (QED) is 0.821. The summed E-state index contributed by atoms with van der Waals surface area (Å²) in [5.41, 5.74) is 7.67. The first-order valence-electron chi connectivity index (χ1n) is 8.06. The first-order valence-corrected chi connectivity index (χ1v) is 8.06. The molecule has 0 bridgehead atoms. The van der Waals surface area contributed by atoms with Gasteiger partial charge in [-0.1, -0.05) is 25.7 Å². The van der Waals surface area contributed by atoms with Crippen LogP contribution in [0.2, 0.25) is 0 Å². The van der Waals surface area contributed by atoms with Crippen LogP contribution in [0.1, 0.15) is 94.6 Å². The number of imidazole rings is 1. The molecule has 2 saturated carbocycles. The van der Waals surface area contributed by atoms with E-state index in [4.69, 9.17) is 10.7 Å². The second-order valence-corrected chi connectivity index (χ2v) is 6.67. The van der Waals surface area contributed by atoms with Crippen molar-refractivity contribution < 1.29 is 0 Å². The maximum Gasteiger partial charge on any atom is 0.127 e. The van der Waals surface area contributed by atoms with Gasteiger partial charge in [-0.05, 0) is 39.5 Å². The third kappa shape index (κ3) is 2.52. The van der Waals surface area contributed by atoms with Crippen LogP contribution in [0.25, 0.3) is 0 Å². The molecule has 0 unspecified atom stereocenters. The molecule has 0 aromatic carbocycles. The van der Waals surface area contributed by atoms with E-state index >= 15 is 0 Å². The first kappa shape index (κ1) is 13.0. The van der Waals surface area contributed by atoms with Crippen LogP contribution in [0.3, 0.4) is 0 Å². The highest BCUT2D eigenvalue weighted by Crippen LogP contribution is 2.44. The van der Waals surface area contributed by atoms with Gasteiger partial charge in [0.2, 0.25) is 0 Å². The molecular weight excluding hydrogens is 234 g/mol. The van der Waals surface area contributed by atoms with Crippen LogP contribution in [0.15, 0.2) is 0 Å². The van der Waals surface area contributed by atoms with Crippen molar-refractivity contribution in [3.63, 3.8) is 0 Å². The molecule has 1 heterocycles. The lowest BCUT2D eigenvalue weighted by molar-refractivity contribution is 0.573. The molecule has 0 atom stereocenters. The molecule has 2 N–H and O–H groups in total. The molecule has 2 fully saturated rings. The molecule has 2 aliphatic carbocycles. The highest BCUT2D eigenvalue weighted by atomic mass is 15.2. The molecule has 3 nitrogen and oxygen atoms in total. The zero-order valence-corrected chi connectivity index (χ0v) is 12.4.